The van der Waals surface area contributed by atoms with E-state index >= 15 is 0 Å². The van der Waals surface area contributed by atoms with Crippen molar-refractivity contribution in [2.24, 2.45) is 0 Å². The minimum absolute atomic E-state index is 0.426. The second-order valence-corrected chi connectivity index (χ2v) is 13.1. The third kappa shape index (κ3) is 21.5. The lowest BCUT2D eigenvalue weighted by atomic mass is 9.99. The van der Waals surface area contributed by atoms with Gasteiger partial charge in [0.05, 0.1) is 6.61 Å². The van der Waals surface area contributed by atoms with Crippen molar-refractivity contribution in [3.8, 4) is 0 Å². The van der Waals surface area contributed by atoms with E-state index in [9.17, 15) is 20.4 Å². The maximum absolute atomic E-state index is 9.98. The summed E-state index contributed by atoms with van der Waals surface area (Å²) in [5.74, 6) is 0. The lowest BCUT2D eigenvalue weighted by Crippen LogP contribution is -2.59. The van der Waals surface area contributed by atoms with E-state index < -0.39 is 37.3 Å². The predicted octanol–water partition coefficient (Wildman–Crippen LogP) is 8.75. The quantitative estimate of drug-likeness (QED) is 0.0594. The van der Waals surface area contributed by atoms with E-state index in [0.29, 0.717) is 6.61 Å². The molecule has 1 fully saturated rings. The summed E-state index contributed by atoms with van der Waals surface area (Å²) in [4.78, 5) is 0. The Morgan fingerprint density at radius 2 is 0.738 bits per heavy atom. The Labute approximate surface area is 260 Å². The summed E-state index contributed by atoms with van der Waals surface area (Å²) in [5, 5.41) is 38.8. The molecule has 0 aliphatic carbocycles. The molecular weight excluding hydrogens is 528 g/mol. The first-order chi connectivity index (χ1) is 20.6. The average Bonchev–Trinajstić information content (AvgIpc) is 3.00. The topological polar surface area (TPSA) is 99.4 Å². The smallest absolute Gasteiger partial charge is 0.186 e. The molecule has 1 saturated heterocycles. The number of aliphatic hydroxyl groups excluding tert-OH is 4. The van der Waals surface area contributed by atoms with E-state index in [2.05, 4.69) is 6.92 Å². The number of hydrogen-bond acceptors (Lipinski definition) is 6. The SMILES string of the molecule is CCCCCCCCCCCCCCCCCCCCCCCCCCCCCCO[C@@H]1O[C@H](CO)[C@@H](O)[C@H](O)[C@H]1O. The third-order valence-electron chi connectivity index (χ3n) is 9.13. The molecule has 0 amide bonds. The molecule has 6 nitrogen and oxygen atoms in total. The average molecular weight is 601 g/mol. The highest BCUT2D eigenvalue weighted by Gasteiger charge is 2.43. The molecule has 0 bridgehead atoms. The molecule has 0 unspecified atom stereocenters. The van der Waals surface area contributed by atoms with Gasteiger partial charge in [0, 0.05) is 6.61 Å². The van der Waals surface area contributed by atoms with E-state index in [1.54, 1.807) is 0 Å². The van der Waals surface area contributed by atoms with Gasteiger partial charge in [-0.1, -0.05) is 180 Å². The first-order valence-corrected chi connectivity index (χ1v) is 18.5. The zero-order valence-corrected chi connectivity index (χ0v) is 27.7. The molecule has 1 heterocycles. The molecule has 0 radical (unpaired) electrons. The third-order valence-corrected chi connectivity index (χ3v) is 9.13. The van der Waals surface area contributed by atoms with Crippen molar-refractivity contribution < 1.29 is 29.9 Å². The predicted molar refractivity (Wildman–Crippen MR) is 175 cm³/mol. The van der Waals surface area contributed by atoms with Gasteiger partial charge in [0.2, 0.25) is 0 Å². The summed E-state index contributed by atoms with van der Waals surface area (Å²) in [6.07, 6.45) is 32.6. The van der Waals surface area contributed by atoms with Crippen molar-refractivity contribution in [2.45, 2.75) is 217 Å². The molecular formula is C36H72O6. The largest absolute Gasteiger partial charge is 0.394 e. The van der Waals surface area contributed by atoms with Crippen molar-refractivity contribution >= 4 is 0 Å². The molecule has 42 heavy (non-hydrogen) atoms. The summed E-state index contributed by atoms with van der Waals surface area (Å²) in [5.41, 5.74) is 0. The lowest BCUT2D eigenvalue weighted by Gasteiger charge is -2.39. The Morgan fingerprint density at radius 3 is 1.05 bits per heavy atom. The lowest BCUT2D eigenvalue weighted by molar-refractivity contribution is -0.301. The van der Waals surface area contributed by atoms with Crippen LogP contribution in [-0.4, -0.2) is 64.3 Å². The monoisotopic (exact) mass is 601 g/mol. The normalized spacial score (nSPS) is 22.6. The number of hydrogen-bond donors (Lipinski definition) is 4. The molecule has 6 heteroatoms. The van der Waals surface area contributed by atoms with Gasteiger partial charge in [0.25, 0.3) is 0 Å². The van der Waals surface area contributed by atoms with Crippen LogP contribution in [0.4, 0.5) is 0 Å². The number of ether oxygens (including phenoxy) is 2. The van der Waals surface area contributed by atoms with Gasteiger partial charge in [-0.3, -0.25) is 0 Å². The van der Waals surface area contributed by atoms with Crippen molar-refractivity contribution in [1.29, 1.82) is 0 Å². The molecule has 0 aromatic heterocycles. The van der Waals surface area contributed by atoms with E-state index in [4.69, 9.17) is 9.47 Å². The fourth-order valence-corrected chi connectivity index (χ4v) is 6.18. The van der Waals surface area contributed by atoms with E-state index in [1.807, 2.05) is 0 Å². The first kappa shape index (κ1) is 39.8. The summed E-state index contributed by atoms with van der Waals surface area (Å²) in [6, 6.07) is 0. The second kappa shape index (κ2) is 29.5. The van der Waals surface area contributed by atoms with Gasteiger partial charge in [0.1, 0.15) is 24.4 Å². The highest BCUT2D eigenvalue weighted by molar-refractivity contribution is 4.88. The molecule has 0 saturated carbocycles. The van der Waals surface area contributed by atoms with Crippen LogP contribution in [0.5, 0.6) is 0 Å². The van der Waals surface area contributed by atoms with Crippen LogP contribution in [-0.2, 0) is 9.47 Å². The van der Waals surface area contributed by atoms with Crippen molar-refractivity contribution in [2.75, 3.05) is 13.2 Å². The van der Waals surface area contributed by atoms with Crippen LogP contribution >= 0.6 is 0 Å². The highest BCUT2D eigenvalue weighted by Crippen LogP contribution is 2.22. The second-order valence-electron chi connectivity index (χ2n) is 13.1. The molecule has 1 rings (SSSR count). The maximum atomic E-state index is 9.98. The van der Waals surface area contributed by atoms with Gasteiger partial charge < -0.3 is 29.9 Å². The Hall–Kier alpha value is -0.240. The summed E-state index contributed by atoms with van der Waals surface area (Å²) >= 11 is 0. The fourth-order valence-electron chi connectivity index (χ4n) is 6.18. The van der Waals surface area contributed by atoms with Crippen LogP contribution in [0.2, 0.25) is 0 Å². The Bertz CT molecular complexity index is 545. The molecule has 252 valence electrons. The summed E-state index contributed by atoms with van der Waals surface area (Å²) < 4.78 is 10.9. The number of unbranched alkanes of at least 4 members (excludes halogenated alkanes) is 27. The minimum atomic E-state index is -1.37. The van der Waals surface area contributed by atoms with Crippen LogP contribution in [0, 0.1) is 0 Å². The standard InChI is InChI=1S/C36H72O6/c1-2-3-4-5-6-7-8-9-10-11-12-13-14-15-16-17-18-19-20-21-22-23-24-25-26-27-28-29-30-41-36-35(40)34(39)33(38)32(31-37)42-36/h32-40H,2-31H2,1H3/t32-,33-,34+,35-,36-/m1/s1. The summed E-state index contributed by atoms with van der Waals surface area (Å²) in [7, 11) is 0. The molecule has 0 spiro atoms. The van der Waals surface area contributed by atoms with Gasteiger partial charge >= 0.3 is 0 Å². The Kier molecular flexibility index (Phi) is 27.9. The maximum Gasteiger partial charge on any atom is 0.186 e. The van der Waals surface area contributed by atoms with Gasteiger partial charge in [-0.05, 0) is 6.42 Å². The van der Waals surface area contributed by atoms with Crippen molar-refractivity contribution in [1.82, 2.24) is 0 Å². The molecule has 5 atom stereocenters. The number of rotatable bonds is 31. The summed E-state index contributed by atoms with van der Waals surface area (Å²) in [6.45, 7) is 2.30. The van der Waals surface area contributed by atoms with Crippen LogP contribution in [0.15, 0.2) is 0 Å². The zero-order chi connectivity index (χ0) is 30.5. The Morgan fingerprint density at radius 1 is 0.429 bits per heavy atom. The van der Waals surface area contributed by atoms with E-state index in [0.717, 1.165) is 12.8 Å². The van der Waals surface area contributed by atoms with Gasteiger partial charge in [-0.25, -0.2) is 0 Å². The highest BCUT2D eigenvalue weighted by atomic mass is 16.7. The van der Waals surface area contributed by atoms with Gasteiger partial charge in [-0.15, -0.1) is 0 Å². The van der Waals surface area contributed by atoms with Crippen LogP contribution in [0.1, 0.15) is 187 Å². The van der Waals surface area contributed by atoms with Crippen molar-refractivity contribution in [3.05, 3.63) is 0 Å². The molecule has 0 aromatic carbocycles. The molecule has 4 N–H and O–H groups in total. The van der Waals surface area contributed by atoms with Crippen molar-refractivity contribution in [3.63, 3.8) is 0 Å². The first-order valence-electron chi connectivity index (χ1n) is 18.5. The van der Waals surface area contributed by atoms with Crippen LogP contribution in [0.3, 0.4) is 0 Å². The van der Waals surface area contributed by atoms with Gasteiger partial charge in [-0.2, -0.15) is 0 Å². The number of aliphatic hydroxyl groups is 4. The fraction of sp³-hybridized carbons (Fsp3) is 1.00. The van der Waals surface area contributed by atoms with Crippen LogP contribution in [0.25, 0.3) is 0 Å². The van der Waals surface area contributed by atoms with E-state index in [-0.39, 0.29) is 0 Å². The van der Waals surface area contributed by atoms with Crippen LogP contribution < -0.4 is 0 Å². The molecule has 1 aliphatic rings. The van der Waals surface area contributed by atoms with E-state index in [1.165, 1.54) is 167 Å². The Balaban J connectivity index is 1.71. The zero-order valence-electron chi connectivity index (χ0n) is 27.7. The van der Waals surface area contributed by atoms with Gasteiger partial charge in [0.15, 0.2) is 6.29 Å². The molecule has 0 aromatic rings. The minimum Gasteiger partial charge on any atom is -0.394 e. The molecule has 1 aliphatic heterocycles.